The predicted octanol–water partition coefficient (Wildman–Crippen LogP) is 3.22. The van der Waals surface area contributed by atoms with Gasteiger partial charge in [-0.1, -0.05) is 26.2 Å². The summed E-state index contributed by atoms with van der Waals surface area (Å²) in [6, 6.07) is 1.83. The normalized spacial score (nSPS) is 18.4. The van der Waals surface area contributed by atoms with Crippen LogP contribution < -0.4 is 0 Å². The molecule has 0 unspecified atom stereocenters. The van der Waals surface area contributed by atoms with Crippen molar-refractivity contribution in [3.63, 3.8) is 0 Å². The Labute approximate surface area is 115 Å². The van der Waals surface area contributed by atoms with Crippen LogP contribution in [0.3, 0.4) is 0 Å². The van der Waals surface area contributed by atoms with Gasteiger partial charge in [0.25, 0.3) is 0 Å². The molecule has 1 aliphatic carbocycles. The third kappa shape index (κ3) is 2.89. The fourth-order valence-electron chi connectivity index (χ4n) is 2.99. The number of Topliss-reactive ketones (excluding diaryl/α,β-unsaturated/α-hetero) is 1. The van der Waals surface area contributed by atoms with Crippen LogP contribution in [0.4, 0.5) is 0 Å². The first kappa shape index (κ1) is 14.3. The number of carbonyl (C=O) groups is 1. The van der Waals surface area contributed by atoms with Crippen molar-refractivity contribution < 1.29 is 9.53 Å². The monoisotopic (exact) mass is 264 g/mol. The number of aromatic nitrogens is 2. The molecule has 0 spiro atoms. The Morgan fingerprint density at radius 3 is 2.74 bits per heavy atom. The molecule has 1 fully saturated rings. The van der Waals surface area contributed by atoms with Crippen molar-refractivity contribution in [3.8, 4) is 0 Å². The average Bonchev–Trinajstić information content (AvgIpc) is 2.88. The van der Waals surface area contributed by atoms with Gasteiger partial charge in [-0.05, 0) is 32.3 Å². The Bertz CT molecular complexity index is 414. The second-order valence-corrected chi connectivity index (χ2v) is 5.26. The molecule has 0 saturated heterocycles. The molecule has 0 atom stereocenters. The van der Waals surface area contributed by atoms with Crippen molar-refractivity contribution in [3.05, 3.63) is 18.0 Å². The highest BCUT2D eigenvalue weighted by atomic mass is 16.5. The van der Waals surface area contributed by atoms with Gasteiger partial charge in [0.05, 0.1) is 0 Å². The SMILES string of the molecule is CCCn1nccc1C(=O)C1(OCC)CCCCC1. The van der Waals surface area contributed by atoms with Gasteiger partial charge in [-0.2, -0.15) is 5.10 Å². The largest absolute Gasteiger partial charge is 0.367 e. The van der Waals surface area contributed by atoms with Gasteiger partial charge in [0.1, 0.15) is 11.3 Å². The highest BCUT2D eigenvalue weighted by Gasteiger charge is 2.41. The zero-order valence-electron chi connectivity index (χ0n) is 12.0. The summed E-state index contributed by atoms with van der Waals surface area (Å²) in [5.41, 5.74) is 0.107. The lowest BCUT2D eigenvalue weighted by Gasteiger charge is -2.35. The third-order valence-corrected chi connectivity index (χ3v) is 3.88. The number of carbonyl (C=O) groups excluding carboxylic acids is 1. The molecule has 1 heterocycles. The molecule has 0 aliphatic heterocycles. The summed E-state index contributed by atoms with van der Waals surface area (Å²) in [7, 11) is 0. The Kier molecular flexibility index (Phi) is 4.75. The van der Waals surface area contributed by atoms with Crippen molar-refractivity contribution >= 4 is 5.78 Å². The molecular formula is C15H24N2O2. The van der Waals surface area contributed by atoms with Gasteiger partial charge in [0, 0.05) is 19.3 Å². The minimum atomic E-state index is -0.599. The number of hydrogen-bond donors (Lipinski definition) is 0. The highest BCUT2D eigenvalue weighted by Crippen LogP contribution is 2.34. The topological polar surface area (TPSA) is 44.1 Å². The molecule has 0 bridgehead atoms. The van der Waals surface area contributed by atoms with E-state index in [4.69, 9.17) is 4.74 Å². The van der Waals surface area contributed by atoms with Gasteiger partial charge in [0.2, 0.25) is 5.78 Å². The van der Waals surface area contributed by atoms with Crippen LogP contribution in [-0.4, -0.2) is 27.8 Å². The first-order chi connectivity index (χ1) is 9.23. The summed E-state index contributed by atoms with van der Waals surface area (Å²) in [5.74, 6) is 0.125. The van der Waals surface area contributed by atoms with E-state index in [0.29, 0.717) is 12.3 Å². The lowest BCUT2D eigenvalue weighted by atomic mass is 9.80. The molecule has 19 heavy (non-hydrogen) atoms. The predicted molar refractivity (Wildman–Crippen MR) is 74.3 cm³/mol. The average molecular weight is 264 g/mol. The van der Waals surface area contributed by atoms with E-state index in [2.05, 4.69) is 12.0 Å². The van der Waals surface area contributed by atoms with Crippen molar-refractivity contribution in [2.75, 3.05) is 6.61 Å². The summed E-state index contributed by atoms with van der Waals surface area (Å²) >= 11 is 0. The molecule has 0 amide bonds. The van der Waals surface area contributed by atoms with Gasteiger partial charge in [-0.25, -0.2) is 0 Å². The molecule has 0 radical (unpaired) electrons. The van der Waals surface area contributed by atoms with Crippen molar-refractivity contribution in [2.24, 2.45) is 0 Å². The molecule has 106 valence electrons. The Hall–Kier alpha value is -1.16. The van der Waals surface area contributed by atoms with Crippen LogP contribution in [-0.2, 0) is 11.3 Å². The van der Waals surface area contributed by atoms with Crippen LogP contribution >= 0.6 is 0 Å². The lowest BCUT2D eigenvalue weighted by Crippen LogP contribution is -2.44. The molecule has 0 aromatic carbocycles. The molecule has 2 rings (SSSR count). The quantitative estimate of drug-likeness (QED) is 0.741. The second kappa shape index (κ2) is 6.33. The maximum atomic E-state index is 12.9. The maximum absolute atomic E-state index is 12.9. The lowest BCUT2D eigenvalue weighted by molar-refractivity contribution is -0.0417. The number of hydrogen-bond acceptors (Lipinski definition) is 3. The van der Waals surface area contributed by atoms with E-state index < -0.39 is 5.60 Å². The number of ether oxygens (including phenoxy) is 1. The summed E-state index contributed by atoms with van der Waals surface area (Å²) in [5, 5.41) is 4.25. The smallest absolute Gasteiger partial charge is 0.212 e. The van der Waals surface area contributed by atoms with Crippen LogP contribution in [0.15, 0.2) is 12.3 Å². The van der Waals surface area contributed by atoms with E-state index in [1.807, 2.05) is 17.7 Å². The van der Waals surface area contributed by atoms with Crippen LogP contribution in [0.5, 0.6) is 0 Å². The second-order valence-electron chi connectivity index (χ2n) is 5.26. The van der Waals surface area contributed by atoms with Crippen LogP contribution in [0.2, 0.25) is 0 Å². The number of nitrogens with zero attached hydrogens (tertiary/aromatic N) is 2. The number of ketones is 1. The minimum Gasteiger partial charge on any atom is -0.367 e. The van der Waals surface area contributed by atoms with E-state index in [9.17, 15) is 4.79 Å². The summed E-state index contributed by atoms with van der Waals surface area (Å²) in [6.07, 6.45) is 7.74. The molecule has 0 N–H and O–H groups in total. The highest BCUT2D eigenvalue weighted by molar-refractivity contribution is 6.01. The maximum Gasteiger partial charge on any atom is 0.212 e. The standard InChI is InChI=1S/C15H24N2O2/c1-3-12-17-13(8-11-16-17)14(18)15(19-4-2)9-6-5-7-10-15/h8,11H,3-7,9-10,12H2,1-2H3. The van der Waals surface area contributed by atoms with E-state index in [1.165, 1.54) is 6.42 Å². The fourth-order valence-corrected chi connectivity index (χ4v) is 2.99. The summed E-state index contributed by atoms with van der Waals surface area (Å²) in [4.78, 5) is 12.9. The van der Waals surface area contributed by atoms with E-state index >= 15 is 0 Å². The molecule has 1 saturated carbocycles. The van der Waals surface area contributed by atoms with Crippen molar-refractivity contribution in [1.82, 2.24) is 9.78 Å². The first-order valence-electron chi connectivity index (χ1n) is 7.44. The molecule has 4 heteroatoms. The van der Waals surface area contributed by atoms with Gasteiger partial charge in [0.15, 0.2) is 0 Å². The van der Waals surface area contributed by atoms with Gasteiger partial charge in [-0.15, -0.1) is 0 Å². The van der Waals surface area contributed by atoms with Crippen LogP contribution in [0.25, 0.3) is 0 Å². The molecular weight excluding hydrogens is 240 g/mol. The Morgan fingerprint density at radius 2 is 2.11 bits per heavy atom. The zero-order chi connectivity index (χ0) is 13.7. The van der Waals surface area contributed by atoms with Crippen molar-refractivity contribution in [2.45, 2.75) is 64.5 Å². The van der Waals surface area contributed by atoms with Crippen molar-refractivity contribution in [1.29, 1.82) is 0 Å². The van der Waals surface area contributed by atoms with Gasteiger partial charge < -0.3 is 4.74 Å². The summed E-state index contributed by atoms with van der Waals surface area (Å²) in [6.45, 7) is 5.44. The van der Waals surface area contributed by atoms with E-state index in [1.54, 1.807) is 6.20 Å². The summed E-state index contributed by atoms with van der Waals surface area (Å²) < 4.78 is 7.72. The first-order valence-corrected chi connectivity index (χ1v) is 7.44. The number of aryl methyl sites for hydroxylation is 1. The third-order valence-electron chi connectivity index (χ3n) is 3.88. The van der Waals surface area contributed by atoms with Crippen LogP contribution in [0, 0.1) is 0 Å². The Morgan fingerprint density at radius 1 is 1.37 bits per heavy atom. The van der Waals surface area contributed by atoms with E-state index in [0.717, 1.165) is 38.6 Å². The Balaban J connectivity index is 2.25. The molecule has 1 aromatic rings. The fraction of sp³-hybridized carbons (Fsp3) is 0.733. The van der Waals surface area contributed by atoms with E-state index in [-0.39, 0.29) is 5.78 Å². The zero-order valence-corrected chi connectivity index (χ0v) is 12.0. The molecule has 4 nitrogen and oxygen atoms in total. The molecule has 1 aromatic heterocycles. The van der Waals surface area contributed by atoms with Gasteiger partial charge in [-0.3, -0.25) is 9.48 Å². The van der Waals surface area contributed by atoms with Gasteiger partial charge >= 0.3 is 0 Å². The number of rotatable bonds is 6. The van der Waals surface area contributed by atoms with Crippen LogP contribution in [0.1, 0.15) is 62.9 Å². The minimum absolute atomic E-state index is 0.125. The molecule has 1 aliphatic rings.